The fourth-order valence-electron chi connectivity index (χ4n) is 1.66. The van der Waals surface area contributed by atoms with Crippen LogP contribution in [0.1, 0.15) is 35.1 Å². The molecule has 0 atom stereocenters. The molecule has 0 saturated heterocycles. The Kier molecular flexibility index (Phi) is 5.12. The molecule has 0 unspecified atom stereocenters. The molecular weight excluding hydrogens is 270 g/mol. The summed E-state index contributed by atoms with van der Waals surface area (Å²) >= 11 is 1.36. The van der Waals surface area contributed by atoms with Crippen LogP contribution >= 0.6 is 11.8 Å². The zero-order valence-corrected chi connectivity index (χ0v) is 12.4. The van der Waals surface area contributed by atoms with Crippen LogP contribution in [0.5, 0.6) is 0 Å². The van der Waals surface area contributed by atoms with Crippen LogP contribution in [-0.4, -0.2) is 21.0 Å². The van der Waals surface area contributed by atoms with E-state index in [0.717, 1.165) is 24.2 Å². The van der Waals surface area contributed by atoms with Gasteiger partial charge in [0.05, 0.1) is 0 Å². The number of aromatic nitrogens is 3. The average Bonchev–Trinajstić information content (AvgIpc) is 2.87. The number of rotatable bonds is 6. The standard InChI is InChI=1S/C15H17N3OS/c1-3-4-14-16-15(18-17-14)20-10-9-13(19)12-7-5-11(2)6-8-12/h5-10H,3-4H2,1-2H3,(H,16,17,18)/b10-9+. The first-order chi connectivity index (χ1) is 9.69. The molecule has 0 aliphatic heterocycles. The molecule has 1 N–H and O–H groups in total. The minimum absolute atomic E-state index is 0.00852. The number of aromatic amines is 1. The number of ketones is 1. The van der Waals surface area contributed by atoms with Crippen LogP contribution in [0, 0.1) is 6.92 Å². The molecule has 0 radical (unpaired) electrons. The van der Waals surface area contributed by atoms with Crippen molar-refractivity contribution < 1.29 is 4.79 Å². The third-order valence-corrected chi connectivity index (χ3v) is 3.41. The molecule has 0 bridgehead atoms. The second kappa shape index (κ2) is 7.05. The van der Waals surface area contributed by atoms with Crippen molar-refractivity contribution in [2.24, 2.45) is 0 Å². The Balaban J connectivity index is 1.92. The number of nitrogens with one attached hydrogen (secondary N) is 1. The lowest BCUT2D eigenvalue weighted by atomic mass is 10.1. The average molecular weight is 287 g/mol. The molecule has 1 heterocycles. The van der Waals surface area contributed by atoms with Crippen LogP contribution in [0.15, 0.2) is 40.9 Å². The highest BCUT2D eigenvalue weighted by molar-refractivity contribution is 8.02. The van der Waals surface area contributed by atoms with Crippen LogP contribution in [0.4, 0.5) is 0 Å². The quantitative estimate of drug-likeness (QED) is 0.501. The van der Waals surface area contributed by atoms with Gasteiger partial charge in [-0.3, -0.25) is 4.79 Å². The fourth-order valence-corrected chi connectivity index (χ4v) is 2.24. The van der Waals surface area contributed by atoms with Crippen molar-refractivity contribution in [1.82, 2.24) is 15.2 Å². The molecule has 20 heavy (non-hydrogen) atoms. The van der Waals surface area contributed by atoms with Crippen molar-refractivity contribution in [1.29, 1.82) is 0 Å². The smallest absolute Gasteiger partial charge is 0.192 e. The summed E-state index contributed by atoms with van der Waals surface area (Å²) in [4.78, 5) is 15.0. The van der Waals surface area contributed by atoms with E-state index < -0.39 is 0 Å². The van der Waals surface area contributed by atoms with Gasteiger partial charge in [-0.25, -0.2) is 0 Å². The highest BCUT2D eigenvalue weighted by Crippen LogP contribution is 2.15. The number of carbonyl (C=O) groups is 1. The molecule has 0 fully saturated rings. The molecule has 104 valence electrons. The first kappa shape index (κ1) is 14.5. The summed E-state index contributed by atoms with van der Waals surface area (Å²) in [6, 6.07) is 7.53. The number of H-pyrrole nitrogens is 1. The number of hydrogen-bond donors (Lipinski definition) is 1. The number of thioether (sulfide) groups is 1. The first-order valence-corrected chi connectivity index (χ1v) is 7.42. The number of aryl methyl sites for hydroxylation is 2. The third-order valence-electron chi connectivity index (χ3n) is 2.73. The summed E-state index contributed by atoms with van der Waals surface area (Å²) < 4.78 is 0. The van der Waals surface area contributed by atoms with E-state index in [0.29, 0.717) is 10.7 Å². The highest BCUT2D eigenvalue weighted by Gasteiger charge is 2.03. The van der Waals surface area contributed by atoms with Crippen molar-refractivity contribution in [2.75, 3.05) is 0 Å². The predicted octanol–water partition coefficient (Wildman–Crippen LogP) is 3.55. The number of carbonyl (C=O) groups excluding carboxylic acids is 1. The Hall–Kier alpha value is -1.88. The SMILES string of the molecule is CCCc1nnc(S/C=C/C(=O)c2ccc(C)cc2)[nH]1. The van der Waals surface area contributed by atoms with Crippen molar-refractivity contribution in [2.45, 2.75) is 31.8 Å². The molecule has 0 aliphatic rings. The van der Waals surface area contributed by atoms with E-state index in [9.17, 15) is 4.79 Å². The van der Waals surface area contributed by atoms with Crippen LogP contribution in [0.25, 0.3) is 0 Å². The predicted molar refractivity (Wildman–Crippen MR) is 80.9 cm³/mol. The Morgan fingerprint density at radius 2 is 2.05 bits per heavy atom. The Labute approximate surface area is 122 Å². The van der Waals surface area contributed by atoms with Gasteiger partial charge >= 0.3 is 0 Å². The minimum atomic E-state index is -0.00852. The summed E-state index contributed by atoms with van der Waals surface area (Å²) in [6.07, 6.45) is 3.47. The first-order valence-electron chi connectivity index (χ1n) is 6.55. The maximum Gasteiger partial charge on any atom is 0.192 e. The van der Waals surface area contributed by atoms with Gasteiger partial charge in [0.2, 0.25) is 0 Å². The Bertz CT molecular complexity index is 602. The molecule has 1 aromatic heterocycles. The number of nitrogens with zero attached hydrogens (tertiary/aromatic N) is 2. The number of allylic oxidation sites excluding steroid dienone is 1. The van der Waals surface area contributed by atoms with E-state index in [1.165, 1.54) is 11.8 Å². The van der Waals surface area contributed by atoms with Gasteiger partial charge in [0.25, 0.3) is 0 Å². The molecule has 0 saturated carbocycles. The summed E-state index contributed by atoms with van der Waals surface area (Å²) in [6.45, 7) is 4.09. The molecule has 5 heteroatoms. The van der Waals surface area contributed by atoms with Crippen LogP contribution < -0.4 is 0 Å². The lowest BCUT2D eigenvalue weighted by Gasteiger charge is -1.96. The van der Waals surface area contributed by atoms with Gasteiger partial charge in [-0.05, 0) is 24.8 Å². The lowest BCUT2D eigenvalue weighted by Crippen LogP contribution is -1.93. The van der Waals surface area contributed by atoms with Crippen LogP contribution in [0.3, 0.4) is 0 Å². The lowest BCUT2D eigenvalue weighted by molar-refractivity contribution is 0.104. The maximum absolute atomic E-state index is 11.9. The van der Waals surface area contributed by atoms with E-state index in [1.807, 2.05) is 31.2 Å². The maximum atomic E-state index is 11.9. The molecule has 2 aromatic rings. The van der Waals surface area contributed by atoms with Gasteiger partial charge < -0.3 is 4.98 Å². The third kappa shape index (κ3) is 4.06. The molecule has 0 aliphatic carbocycles. The Morgan fingerprint density at radius 1 is 1.30 bits per heavy atom. The van der Waals surface area contributed by atoms with Gasteiger partial charge in [-0.2, -0.15) is 0 Å². The number of hydrogen-bond acceptors (Lipinski definition) is 4. The largest absolute Gasteiger partial charge is 0.320 e. The molecule has 1 aromatic carbocycles. The van der Waals surface area contributed by atoms with Gasteiger partial charge in [-0.15, -0.1) is 10.2 Å². The molecular formula is C15H17N3OS. The molecule has 0 spiro atoms. The van der Waals surface area contributed by atoms with Gasteiger partial charge in [0.1, 0.15) is 5.82 Å². The molecule has 0 amide bonds. The second-order valence-electron chi connectivity index (χ2n) is 4.48. The van der Waals surface area contributed by atoms with Crippen molar-refractivity contribution in [3.05, 3.63) is 52.7 Å². The summed E-state index contributed by atoms with van der Waals surface area (Å²) in [5, 5.41) is 10.5. The number of benzene rings is 1. The summed E-state index contributed by atoms with van der Waals surface area (Å²) in [7, 11) is 0. The minimum Gasteiger partial charge on any atom is -0.320 e. The van der Waals surface area contributed by atoms with E-state index in [-0.39, 0.29) is 5.78 Å². The van der Waals surface area contributed by atoms with E-state index in [1.54, 1.807) is 11.5 Å². The van der Waals surface area contributed by atoms with E-state index >= 15 is 0 Å². The topological polar surface area (TPSA) is 58.6 Å². The normalized spacial score (nSPS) is 11.1. The molecule has 2 rings (SSSR count). The monoisotopic (exact) mass is 287 g/mol. The fraction of sp³-hybridized carbons (Fsp3) is 0.267. The second-order valence-corrected chi connectivity index (χ2v) is 5.37. The van der Waals surface area contributed by atoms with Crippen molar-refractivity contribution in [3.8, 4) is 0 Å². The zero-order chi connectivity index (χ0) is 14.4. The van der Waals surface area contributed by atoms with Crippen LogP contribution in [0.2, 0.25) is 0 Å². The summed E-state index contributed by atoms with van der Waals surface area (Å²) in [5.41, 5.74) is 1.83. The molecule has 4 nitrogen and oxygen atoms in total. The van der Waals surface area contributed by atoms with Crippen molar-refractivity contribution in [3.63, 3.8) is 0 Å². The van der Waals surface area contributed by atoms with E-state index in [4.69, 9.17) is 0 Å². The van der Waals surface area contributed by atoms with E-state index in [2.05, 4.69) is 22.1 Å². The highest BCUT2D eigenvalue weighted by atomic mass is 32.2. The van der Waals surface area contributed by atoms with Gasteiger partial charge in [0.15, 0.2) is 10.9 Å². The van der Waals surface area contributed by atoms with Crippen molar-refractivity contribution >= 4 is 17.5 Å². The van der Waals surface area contributed by atoms with Crippen LogP contribution in [-0.2, 0) is 6.42 Å². The van der Waals surface area contributed by atoms with Gasteiger partial charge in [0, 0.05) is 12.0 Å². The van der Waals surface area contributed by atoms with Gasteiger partial charge in [-0.1, -0.05) is 48.5 Å². The summed E-state index contributed by atoms with van der Waals surface area (Å²) in [5.74, 6) is 0.874. The Morgan fingerprint density at radius 3 is 2.75 bits per heavy atom. The zero-order valence-electron chi connectivity index (χ0n) is 11.6.